The second-order valence-electron chi connectivity index (χ2n) is 11.6. The SMILES string of the molecule is CCCCCCCCCCCCC/C=C/[C@@H](O)[C@H](CO)NCCCCCCCCCCCCCCCC. The van der Waals surface area contributed by atoms with Crippen LogP contribution in [0.4, 0.5) is 0 Å². The summed E-state index contributed by atoms with van der Waals surface area (Å²) in [6, 6.07) is -0.240. The summed E-state index contributed by atoms with van der Waals surface area (Å²) in [6.07, 6.45) is 38.6. The van der Waals surface area contributed by atoms with Crippen LogP contribution in [-0.2, 0) is 0 Å². The van der Waals surface area contributed by atoms with Gasteiger partial charge in [0.1, 0.15) is 0 Å². The first-order valence-corrected chi connectivity index (χ1v) is 16.9. The predicted molar refractivity (Wildman–Crippen MR) is 165 cm³/mol. The first-order chi connectivity index (χ1) is 18.3. The zero-order valence-corrected chi connectivity index (χ0v) is 25.5. The lowest BCUT2D eigenvalue weighted by atomic mass is 10.0. The summed E-state index contributed by atoms with van der Waals surface area (Å²) >= 11 is 0. The minimum absolute atomic E-state index is 0.0114. The van der Waals surface area contributed by atoms with Crippen molar-refractivity contribution < 1.29 is 10.2 Å². The quantitative estimate of drug-likeness (QED) is 0.0625. The fourth-order valence-corrected chi connectivity index (χ4v) is 5.20. The Kier molecular flexibility index (Phi) is 31.5. The summed E-state index contributed by atoms with van der Waals surface area (Å²) in [7, 11) is 0. The predicted octanol–water partition coefficient (Wildman–Crippen LogP) is 10.0. The molecule has 0 aromatic carbocycles. The zero-order chi connectivity index (χ0) is 27.1. The topological polar surface area (TPSA) is 52.5 Å². The van der Waals surface area contributed by atoms with Crippen molar-refractivity contribution in [2.75, 3.05) is 13.2 Å². The summed E-state index contributed by atoms with van der Waals surface area (Å²) < 4.78 is 0. The molecule has 0 heterocycles. The van der Waals surface area contributed by atoms with Crippen LogP contribution < -0.4 is 5.32 Å². The van der Waals surface area contributed by atoms with Crippen LogP contribution in [0.15, 0.2) is 12.2 Å². The van der Waals surface area contributed by atoms with Crippen molar-refractivity contribution in [3.63, 3.8) is 0 Å². The number of rotatable bonds is 31. The summed E-state index contributed by atoms with van der Waals surface area (Å²) in [5, 5.41) is 23.4. The molecule has 3 heteroatoms. The van der Waals surface area contributed by atoms with Crippen LogP contribution in [-0.4, -0.2) is 35.5 Å². The van der Waals surface area contributed by atoms with E-state index in [9.17, 15) is 10.2 Å². The lowest BCUT2D eigenvalue weighted by Crippen LogP contribution is -2.42. The second kappa shape index (κ2) is 31.8. The average Bonchev–Trinajstić information content (AvgIpc) is 2.91. The van der Waals surface area contributed by atoms with Crippen LogP contribution >= 0.6 is 0 Å². The number of hydrogen-bond donors (Lipinski definition) is 3. The molecule has 0 aliphatic rings. The number of aliphatic hydroxyl groups excluding tert-OH is 2. The molecule has 0 spiro atoms. The van der Waals surface area contributed by atoms with E-state index in [1.54, 1.807) is 0 Å². The van der Waals surface area contributed by atoms with Gasteiger partial charge in [-0.05, 0) is 25.8 Å². The van der Waals surface area contributed by atoms with Crippen molar-refractivity contribution in [2.45, 2.75) is 193 Å². The molecule has 0 unspecified atom stereocenters. The minimum atomic E-state index is -0.593. The van der Waals surface area contributed by atoms with Gasteiger partial charge in [0.15, 0.2) is 0 Å². The minimum Gasteiger partial charge on any atom is -0.395 e. The normalized spacial score (nSPS) is 13.5. The Hall–Kier alpha value is -0.380. The Balaban J connectivity index is 3.48. The third-order valence-corrected chi connectivity index (χ3v) is 7.85. The van der Waals surface area contributed by atoms with E-state index in [2.05, 4.69) is 25.2 Å². The summed E-state index contributed by atoms with van der Waals surface area (Å²) in [5.41, 5.74) is 0. The van der Waals surface area contributed by atoms with Crippen molar-refractivity contribution in [3.8, 4) is 0 Å². The van der Waals surface area contributed by atoms with E-state index < -0.39 is 6.10 Å². The molecule has 0 amide bonds. The molecule has 3 nitrogen and oxygen atoms in total. The van der Waals surface area contributed by atoms with E-state index in [4.69, 9.17) is 0 Å². The van der Waals surface area contributed by atoms with Crippen molar-refractivity contribution in [1.29, 1.82) is 0 Å². The number of allylic oxidation sites excluding steroid dienone is 1. The van der Waals surface area contributed by atoms with Gasteiger partial charge in [-0.1, -0.05) is 174 Å². The highest BCUT2D eigenvalue weighted by atomic mass is 16.3. The Morgan fingerprint density at radius 1 is 0.514 bits per heavy atom. The van der Waals surface area contributed by atoms with Crippen LogP contribution in [0.1, 0.15) is 181 Å². The van der Waals surface area contributed by atoms with E-state index in [0.29, 0.717) is 0 Å². The van der Waals surface area contributed by atoms with Crippen LogP contribution in [0.25, 0.3) is 0 Å². The Bertz CT molecular complexity index is 440. The molecule has 0 aromatic heterocycles. The van der Waals surface area contributed by atoms with Crippen LogP contribution in [0.3, 0.4) is 0 Å². The maximum atomic E-state index is 10.4. The van der Waals surface area contributed by atoms with Crippen molar-refractivity contribution >= 4 is 0 Å². The zero-order valence-electron chi connectivity index (χ0n) is 25.5. The lowest BCUT2D eigenvalue weighted by molar-refractivity contribution is 0.123. The monoisotopic (exact) mass is 524 g/mol. The summed E-state index contributed by atoms with van der Waals surface area (Å²) in [6.45, 7) is 5.43. The molecule has 2 atom stereocenters. The molecule has 0 aromatic rings. The highest BCUT2D eigenvalue weighted by Gasteiger charge is 2.14. The second-order valence-corrected chi connectivity index (χ2v) is 11.6. The smallest absolute Gasteiger partial charge is 0.0896 e. The van der Waals surface area contributed by atoms with Crippen molar-refractivity contribution in [2.24, 2.45) is 0 Å². The highest BCUT2D eigenvalue weighted by molar-refractivity contribution is 4.94. The Morgan fingerprint density at radius 2 is 0.865 bits per heavy atom. The number of hydrogen-bond acceptors (Lipinski definition) is 3. The summed E-state index contributed by atoms with van der Waals surface area (Å²) in [5.74, 6) is 0. The Labute approximate surface area is 233 Å². The molecule has 0 saturated carbocycles. The van der Waals surface area contributed by atoms with E-state index >= 15 is 0 Å². The molecular weight excluding hydrogens is 454 g/mol. The van der Waals surface area contributed by atoms with Crippen molar-refractivity contribution in [1.82, 2.24) is 5.32 Å². The van der Waals surface area contributed by atoms with Gasteiger partial charge in [-0.2, -0.15) is 0 Å². The molecule has 0 fully saturated rings. The van der Waals surface area contributed by atoms with Crippen molar-refractivity contribution in [3.05, 3.63) is 12.2 Å². The molecule has 37 heavy (non-hydrogen) atoms. The van der Waals surface area contributed by atoms with Gasteiger partial charge in [0, 0.05) is 0 Å². The lowest BCUT2D eigenvalue weighted by Gasteiger charge is -2.19. The molecule has 0 saturated heterocycles. The molecule has 222 valence electrons. The van der Waals surface area contributed by atoms with E-state index in [1.807, 2.05) is 6.08 Å². The largest absolute Gasteiger partial charge is 0.395 e. The standard InChI is InChI=1S/C34H69NO2/c1-3-5-7-9-11-13-15-17-19-21-23-25-27-29-31-35-33(32-36)34(37)30-28-26-24-22-20-18-16-14-12-10-8-6-4-2/h28,30,33-37H,3-27,29,31-32H2,1-2H3/b30-28+/t33-,34+/m0/s1. The first-order valence-electron chi connectivity index (χ1n) is 16.9. The number of aliphatic hydroxyl groups is 2. The van der Waals surface area contributed by atoms with E-state index in [0.717, 1.165) is 19.4 Å². The van der Waals surface area contributed by atoms with Crippen LogP contribution in [0.2, 0.25) is 0 Å². The number of nitrogens with one attached hydrogen (secondary N) is 1. The van der Waals surface area contributed by atoms with Crippen LogP contribution in [0.5, 0.6) is 0 Å². The fraction of sp³-hybridized carbons (Fsp3) is 0.941. The molecule has 3 N–H and O–H groups in total. The molecule has 0 rings (SSSR count). The van der Waals surface area contributed by atoms with Gasteiger partial charge in [-0.15, -0.1) is 0 Å². The van der Waals surface area contributed by atoms with Crippen LogP contribution in [0, 0.1) is 0 Å². The summed E-state index contributed by atoms with van der Waals surface area (Å²) in [4.78, 5) is 0. The van der Waals surface area contributed by atoms with Gasteiger partial charge < -0.3 is 15.5 Å². The maximum Gasteiger partial charge on any atom is 0.0896 e. The average molecular weight is 524 g/mol. The third-order valence-electron chi connectivity index (χ3n) is 7.85. The first kappa shape index (κ1) is 36.6. The fourth-order valence-electron chi connectivity index (χ4n) is 5.20. The van der Waals surface area contributed by atoms with E-state index in [-0.39, 0.29) is 12.6 Å². The van der Waals surface area contributed by atoms with Gasteiger partial charge >= 0.3 is 0 Å². The molecule has 0 aliphatic carbocycles. The van der Waals surface area contributed by atoms with E-state index in [1.165, 1.54) is 154 Å². The Morgan fingerprint density at radius 3 is 1.24 bits per heavy atom. The van der Waals surface area contributed by atoms with Gasteiger partial charge in [0.2, 0.25) is 0 Å². The van der Waals surface area contributed by atoms with Gasteiger partial charge in [-0.3, -0.25) is 0 Å². The molecule has 0 aliphatic heterocycles. The third kappa shape index (κ3) is 28.4. The van der Waals surface area contributed by atoms with Gasteiger partial charge in [0.25, 0.3) is 0 Å². The number of unbranched alkanes of at least 4 members (excludes halogenated alkanes) is 24. The van der Waals surface area contributed by atoms with Gasteiger partial charge in [0.05, 0.1) is 18.8 Å². The highest BCUT2D eigenvalue weighted by Crippen LogP contribution is 2.14. The molecular formula is C34H69NO2. The molecule has 0 bridgehead atoms. The maximum absolute atomic E-state index is 10.4. The van der Waals surface area contributed by atoms with Gasteiger partial charge in [-0.25, -0.2) is 0 Å². The molecule has 0 radical (unpaired) electrons.